The molecule has 0 aromatic heterocycles. The van der Waals surface area contributed by atoms with Crippen LogP contribution in [0.4, 0.5) is 0 Å². The first-order valence-electron chi connectivity index (χ1n) is 4.44. The van der Waals surface area contributed by atoms with Crippen molar-refractivity contribution in [2.24, 2.45) is 11.3 Å². The molecule has 2 atom stereocenters. The Balaban J connectivity index is 2.51. The van der Waals surface area contributed by atoms with Crippen LogP contribution >= 0.6 is 0 Å². The molecule has 0 aromatic carbocycles. The molecule has 0 spiro atoms. The van der Waals surface area contributed by atoms with Crippen LogP contribution in [0.2, 0.25) is 0 Å². The van der Waals surface area contributed by atoms with Gasteiger partial charge in [0, 0.05) is 13.2 Å². The van der Waals surface area contributed by atoms with Crippen LogP contribution in [-0.4, -0.2) is 23.4 Å². The Labute approximate surface area is 68.2 Å². The third-order valence-electron chi connectivity index (χ3n) is 3.19. The molecule has 0 radical (unpaired) electrons. The van der Waals surface area contributed by atoms with Crippen molar-refractivity contribution in [3.05, 3.63) is 0 Å². The van der Waals surface area contributed by atoms with Crippen molar-refractivity contribution in [2.75, 3.05) is 13.2 Å². The van der Waals surface area contributed by atoms with Gasteiger partial charge in [0.15, 0.2) is 0 Å². The van der Waals surface area contributed by atoms with Crippen molar-refractivity contribution in [3.8, 4) is 0 Å². The summed E-state index contributed by atoms with van der Waals surface area (Å²) in [5.41, 5.74) is 0.212. The summed E-state index contributed by atoms with van der Waals surface area (Å²) >= 11 is 0. The van der Waals surface area contributed by atoms with Crippen LogP contribution in [0.1, 0.15) is 32.6 Å². The van der Waals surface area contributed by atoms with E-state index in [0.717, 1.165) is 12.8 Å². The molecular formula is C9H18O2. The van der Waals surface area contributed by atoms with Gasteiger partial charge in [-0.3, -0.25) is 0 Å². The molecule has 1 aliphatic carbocycles. The van der Waals surface area contributed by atoms with Crippen molar-refractivity contribution >= 4 is 0 Å². The lowest BCUT2D eigenvalue weighted by atomic mass is 9.78. The third-order valence-corrected chi connectivity index (χ3v) is 3.19. The lowest BCUT2D eigenvalue weighted by Crippen LogP contribution is -2.25. The highest BCUT2D eigenvalue weighted by Gasteiger charge is 2.37. The van der Waals surface area contributed by atoms with E-state index in [9.17, 15) is 0 Å². The van der Waals surface area contributed by atoms with E-state index in [0.29, 0.717) is 5.92 Å². The summed E-state index contributed by atoms with van der Waals surface area (Å²) in [6.07, 6.45) is 4.35. The average Bonchev–Trinajstić information content (AvgIpc) is 2.31. The Morgan fingerprint density at radius 2 is 2.18 bits per heavy atom. The molecule has 0 bridgehead atoms. The number of aliphatic hydroxyl groups is 2. The number of hydrogen-bond acceptors (Lipinski definition) is 2. The molecule has 0 amide bonds. The van der Waals surface area contributed by atoms with Gasteiger partial charge in [-0.25, -0.2) is 0 Å². The second-order valence-electron chi connectivity index (χ2n) is 3.90. The average molecular weight is 158 g/mol. The molecule has 1 rings (SSSR count). The minimum atomic E-state index is 0.212. The van der Waals surface area contributed by atoms with Gasteiger partial charge >= 0.3 is 0 Å². The molecule has 11 heavy (non-hydrogen) atoms. The summed E-state index contributed by atoms with van der Waals surface area (Å²) in [6, 6.07) is 0. The van der Waals surface area contributed by atoms with Gasteiger partial charge in [0.2, 0.25) is 0 Å². The summed E-state index contributed by atoms with van der Waals surface area (Å²) in [7, 11) is 0. The summed E-state index contributed by atoms with van der Waals surface area (Å²) < 4.78 is 0. The number of hydrogen-bond donors (Lipinski definition) is 2. The Morgan fingerprint density at radius 3 is 2.73 bits per heavy atom. The van der Waals surface area contributed by atoms with E-state index < -0.39 is 0 Å². The Hall–Kier alpha value is -0.0800. The first-order chi connectivity index (χ1) is 5.23. The second-order valence-corrected chi connectivity index (χ2v) is 3.90. The van der Waals surface area contributed by atoms with E-state index in [1.54, 1.807) is 0 Å². The van der Waals surface area contributed by atoms with Crippen LogP contribution in [-0.2, 0) is 0 Å². The normalized spacial score (nSPS) is 37.9. The molecule has 2 heteroatoms. The van der Waals surface area contributed by atoms with Crippen LogP contribution in [0.3, 0.4) is 0 Å². The highest BCUT2D eigenvalue weighted by molar-refractivity contribution is 4.87. The number of aliphatic hydroxyl groups excluding tert-OH is 2. The van der Waals surface area contributed by atoms with Gasteiger partial charge in [-0.05, 0) is 30.6 Å². The fourth-order valence-electron chi connectivity index (χ4n) is 2.20. The van der Waals surface area contributed by atoms with E-state index in [4.69, 9.17) is 10.2 Å². The SMILES string of the molecule is CC1(CCO)CCCC1CO. The monoisotopic (exact) mass is 158 g/mol. The fourth-order valence-corrected chi connectivity index (χ4v) is 2.20. The molecule has 0 aliphatic heterocycles. The van der Waals surface area contributed by atoms with Gasteiger partial charge < -0.3 is 10.2 Å². The molecular weight excluding hydrogens is 140 g/mol. The molecule has 1 saturated carbocycles. The maximum atomic E-state index is 9.05. The zero-order valence-corrected chi connectivity index (χ0v) is 7.21. The number of rotatable bonds is 3. The van der Waals surface area contributed by atoms with Gasteiger partial charge in [-0.2, -0.15) is 0 Å². The van der Waals surface area contributed by atoms with Crippen LogP contribution in [0.25, 0.3) is 0 Å². The molecule has 1 fully saturated rings. The van der Waals surface area contributed by atoms with Crippen LogP contribution in [0.15, 0.2) is 0 Å². The minimum absolute atomic E-state index is 0.212. The van der Waals surface area contributed by atoms with Gasteiger partial charge in [-0.15, -0.1) is 0 Å². The maximum absolute atomic E-state index is 9.05. The van der Waals surface area contributed by atoms with Gasteiger partial charge in [-0.1, -0.05) is 13.3 Å². The van der Waals surface area contributed by atoms with Crippen molar-refractivity contribution in [3.63, 3.8) is 0 Å². The lowest BCUT2D eigenvalue weighted by molar-refractivity contribution is 0.100. The van der Waals surface area contributed by atoms with Gasteiger partial charge in [0.25, 0.3) is 0 Å². The predicted octanol–water partition coefficient (Wildman–Crippen LogP) is 1.17. The highest BCUT2D eigenvalue weighted by atomic mass is 16.3. The fraction of sp³-hybridized carbons (Fsp3) is 1.00. The maximum Gasteiger partial charge on any atom is 0.0464 e. The lowest BCUT2D eigenvalue weighted by Gasteiger charge is -2.29. The second kappa shape index (κ2) is 3.55. The summed E-state index contributed by atoms with van der Waals surface area (Å²) in [4.78, 5) is 0. The first kappa shape index (κ1) is 9.01. The molecule has 1 aliphatic rings. The summed E-state index contributed by atoms with van der Waals surface area (Å²) in [5.74, 6) is 0.426. The largest absolute Gasteiger partial charge is 0.396 e. The Kier molecular flexibility index (Phi) is 2.90. The van der Waals surface area contributed by atoms with E-state index in [-0.39, 0.29) is 18.6 Å². The topological polar surface area (TPSA) is 40.5 Å². The van der Waals surface area contributed by atoms with Crippen molar-refractivity contribution in [2.45, 2.75) is 32.6 Å². The van der Waals surface area contributed by atoms with Gasteiger partial charge in [0.1, 0.15) is 0 Å². The van der Waals surface area contributed by atoms with Crippen LogP contribution in [0, 0.1) is 11.3 Å². The zero-order chi connectivity index (χ0) is 8.32. The van der Waals surface area contributed by atoms with Crippen molar-refractivity contribution in [1.29, 1.82) is 0 Å². The van der Waals surface area contributed by atoms with E-state index in [1.165, 1.54) is 12.8 Å². The highest BCUT2D eigenvalue weighted by Crippen LogP contribution is 2.44. The third kappa shape index (κ3) is 1.74. The minimum Gasteiger partial charge on any atom is -0.396 e. The van der Waals surface area contributed by atoms with E-state index in [2.05, 4.69) is 6.92 Å². The van der Waals surface area contributed by atoms with Crippen LogP contribution in [0.5, 0.6) is 0 Å². The van der Waals surface area contributed by atoms with Crippen molar-refractivity contribution in [1.82, 2.24) is 0 Å². The first-order valence-corrected chi connectivity index (χ1v) is 4.44. The molecule has 2 nitrogen and oxygen atoms in total. The Bertz CT molecular complexity index is 125. The predicted molar refractivity (Wildman–Crippen MR) is 44.2 cm³/mol. The molecule has 0 aromatic rings. The molecule has 0 saturated heterocycles. The summed E-state index contributed by atoms with van der Waals surface area (Å²) in [5, 5.41) is 17.9. The molecule has 2 N–H and O–H groups in total. The zero-order valence-electron chi connectivity index (χ0n) is 7.21. The summed E-state index contributed by atoms with van der Waals surface area (Å²) in [6.45, 7) is 2.72. The quantitative estimate of drug-likeness (QED) is 0.647. The van der Waals surface area contributed by atoms with Crippen LogP contribution < -0.4 is 0 Å². The molecule has 66 valence electrons. The Morgan fingerprint density at radius 1 is 1.45 bits per heavy atom. The van der Waals surface area contributed by atoms with Crippen molar-refractivity contribution < 1.29 is 10.2 Å². The smallest absolute Gasteiger partial charge is 0.0464 e. The van der Waals surface area contributed by atoms with Gasteiger partial charge in [0.05, 0.1) is 0 Å². The molecule has 2 unspecified atom stereocenters. The van der Waals surface area contributed by atoms with E-state index in [1.807, 2.05) is 0 Å². The standard InChI is InChI=1S/C9H18O2/c1-9(5-6-10)4-2-3-8(9)7-11/h8,10-11H,2-7H2,1H3. The molecule has 0 heterocycles. The van der Waals surface area contributed by atoms with E-state index >= 15 is 0 Å².